The molecular formula is C16H18N4O6S. The molecule has 144 valence electrons. The highest BCUT2D eigenvalue weighted by molar-refractivity contribution is 7.92. The number of sulfonamides is 1. The quantitative estimate of drug-likeness (QED) is 0.637. The van der Waals surface area contributed by atoms with Gasteiger partial charge in [0.05, 0.1) is 25.5 Å². The number of methoxy groups -OCH3 is 2. The summed E-state index contributed by atoms with van der Waals surface area (Å²) in [5.41, 5.74) is 0.396. The average molecular weight is 394 g/mol. The fraction of sp³-hybridized carbons (Fsp3) is 0.250. The second-order valence-electron chi connectivity index (χ2n) is 5.20. The molecule has 2 aromatic rings. The first kappa shape index (κ1) is 20.1. The maximum absolute atomic E-state index is 12.4. The molecule has 11 heteroatoms. The van der Waals surface area contributed by atoms with Gasteiger partial charge in [0.1, 0.15) is 12.1 Å². The highest BCUT2D eigenvalue weighted by atomic mass is 32.2. The molecule has 0 saturated heterocycles. The zero-order valence-electron chi connectivity index (χ0n) is 14.6. The van der Waals surface area contributed by atoms with E-state index in [9.17, 15) is 18.0 Å². The second kappa shape index (κ2) is 8.94. The van der Waals surface area contributed by atoms with Crippen LogP contribution in [-0.2, 0) is 24.3 Å². The molecule has 27 heavy (non-hydrogen) atoms. The Bertz CT molecular complexity index is 915. The van der Waals surface area contributed by atoms with E-state index < -0.39 is 16.0 Å². The number of nitrogens with zero attached hydrogens (tertiary/aromatic N) is 2. The van der Waals surface area contributed by atoms with Crippen molar-refractivity contribution in [1.82, 2.24) is 9.97 Å². The highest BCUT2D eigenvalue weighted by Crippen LogP contribution is 2.19. The number of nitrogens with one attached hydrogen (secondary N) is 2. The first-order valence-corrected chi connectivity index (χ1v) is 9.18. The van der Waals surface area contributed by atoms with Crippen LogP contribution in [0.3, 0.4) is 0 Å². The van der Waals surface area contributed by atoms with E-state index in [2.05, 4.69) is 24.7 Å². The lowest BCUT2D eigenvalue weighted by Gasteiger charge is -2.09. The third kappa shape index (κ3) is 5.92. The number of amides is 1. The van der Waals surface area contributed by atoms with Gasteiger partial charge >= 0.3 is 5.97 Å². The predicted molar refractivity (Wildman–Crippen MR) is 95.7 cm³/mol. The number of carbonyl (C=O) groups is 2. The van der Waals surface area contributed by atoms with E-state index in [4.69, 9.17) is 4.74 Å². The van der Waals surface area contributed by atoms with E-state index in [1.165, 1.54) is 50.9 Å². The topological polar surface area (TPSA) is 137 Å². The lowest BCUT2D eigenvalue weighted by Crippen LogP contribution is -2.15. The average Bonchev–Trinajstić information content (AvgIpc) is 2.66. The number of anilines is 2. The molecule has 1 amide bonds. The van der Waals surface area contributed by atoms with Crippen molar-refractivity contribution in [2.45, 2.75) is 17.7 Å². The van der Waals surface area contributed by atoms with Gasteiger partial charge in [-0.25, -0.2) is 18.4 Å². The molecule has 0 aliphatic rings. The summed E-state index contributed by atoms with van der Waals surface area (Å²) in [6.45, 7) is 0. The molecule has 10 nitrogen and oxygen atoms in total. The second-order valence-corrected chi connectivity index (χ2v) is 6.88. The van der Waals surface area contributed by atoms with Gasteiger partial charge in [-0.2, -0.15) is 0 Å². The Kier molecular flexibility index (Phi) is 6.66. The first-order valence-electron chi connectivity index (χ1n) is 7.69. The van der Waals surface area contributed by atoms with Crippen LogP contribution in [0, 0.1) is 0 Å². The van der Waals surface area contributed by atoms with Gasteiger partial charge in [0.15, 0.2) is 0 Å². The van der Waals surface area contributed by atoms with Crippen LogP contribution in [0.1, 0.15) is 12.8 Å². The predicted octanol–water partition coefficient (Wildman–Crippen LogP) is 1.18. The molecule has 0 radical (unpaired) electrons. The standard InChI is InChI=1S/C16H18N4O6S/c1-25-15-9-13(17-10-18-15)20-27(23,24)12-5-3-11(4-6-12)19-14(21)7-8-16(22)26-2/h3-6,9-10H,7-8H2,1-2H3,(H,19,21)(H,17,18,20). The number of esters is 1. The van der Waals surface area contributed by atoms with Crippen molar-refractivity contribution in [3.05, 3.63) is 36.7 Å². The van der Waals surface area contributed by atoms with Crippen molar-refractivity contribution in [2.75, 3.05) is 24.3 Å². The van der Waals surface area contributed by atoms with E-state index in [1.54, 1.807) is 0 Å². The summed E-state index contributed by atoms with van der Waals surface area (Å²) in [7, 11) is -1.24. The molecule has 0 spiro atoms. The number of benzene rings is 1. The van der Waals surface area contributed by atoms with E-state index in [0.717, 1.165) is 0 Å². The largest absolute Gasteiger partial charge is 0.481 e. The number of rotatable bonds is 8. The number of hydrogen-bond acceptors (Lipinski definition) is 8. The summed E-state index contributed by atoms with van der Waals surface area (Å²) in [6.07, 6.45) is 1.09. The minimum absolute atomic E-state index is 0.0207. The van der Waals surface area contributed by atoms with Crippen LogP contribution in [0.5, 0.6) is 5.88 Å². The molecule has 0 saturated carbocycles. The van der Waals surface area contributed by atoms with Gasteiger partial charge in [-0.05, 0) is 24.3 Å². The van der Waals surface area contributed by atoms with Gasteiger partial charge in [-0.1, -0.05) is 0 Å². The van der Waals surface area contributed by atoms with Gasteiger partial charge in [0.2, 0.25) is 11.8 Å². The smallest absolute Gasteiger partial charge is 0.306 e. The number of aromatic nitrogens is 2. The van der Waals surface area contributed by atoms with E-state index >= 15 is 0 Å². The van der Waals surface area contributed by atoms with Crippen LogP contribution >= 0.6 is 0 Å². The normalized spacial score (nSPS) is 10.7. The lowest BCUT2D eigenvalue weighted by atomic mass is 10.2. The Morgan fingerprint density at radius 1 is 1.07 bits per heavy atom. The fourth-order valence-corrected chi connectivity index (χ4v) is 2.96. The summed E-state index contributed by atoms with van der Waals surface area (Å²) < 4.78 is 36.5. The third-order valence-corrected chi connectivity index (χ3v) is 4.69. The molecule has 2 rings (SSSR count). The molecule has 2 N–H and O–H groups in total. The maximum atomic E-state index is 12.4. The zero-order chi connectivity index (χ0) is 19.9. The number of hydrogen-bond donors (Lipinski definition) is 2. The van der Waals surface area contributed by atoms with E-state index in [0.29, 0.717) is 5.69 Å². The summed E-state index contributed by atoms with van der Waals surface area (Å²) in [5, 5.41) is 2.57. The van der Waals surface area contributed by atoms with Crippen LogP contribution < -0.4 is 14.8 Å². The Balaban J connectivity index is 2.02. The molecule has 1 aromatic heterocycles. The molecular weight excluding hydrogens is 376 g/mol. The van der Waals surface area contributed by atoms with Gasteiger partial charge in [0, 0.05) is 18.2 Å². The van der Waals surface area contributed by atoms with Crippen molar-refractivity contribution >= 4 is 33.4 Å². The van der Waals surface area contributed by atoms with Crippen molar-refractivity contribution in [2.24, 2.45) is 0 Å². The van der Waals surface area contributed by atoms with Crippen LogP contribution in [0.25, 0.3) is 0 Å². The third-order valence-electron chi connectivity index (χ3n) is 3.32. The Labute approximate surface area is 156 Å². The zero-order valence-corrected chi connectivity index (χ0v) is 15.4. The van der Waals surface area contributed by atoms with Crippen molar-refractivity contribution < 1.29 is 27.5 Å². The van der Waals surface area contributed by atoms with Crippen molar-refractivity contribution in [3.63, 3.8) is 0 Å². The summed E-state index contributed by atoms with van der Waals surface area (Å²) >= 11 is 0. The number of carbonyl (C=O) groups excluding carboxylic acids is 2. The molecule has 1 heterocycles. The highest BCUT2D eigenvalue weighted by Gasteiger charge is 2.16. The van der Waals surface area contributed by atoms with Crippen molar-refractivity contribution in [3.8, 4) is 5.88 Å². The lowest BCUT2D eigenvalue weighted by molar-refractivity contribution is -0.141. The van der Waals surface area contributed by atoms with Gasteiger partial charge in [-0.15, -0.1) is 0 Å². The van der Waals surface area contributed by atoms with E-state index in [-0.39, 0.29) is 35.3 Å². The van der Waals surface area contributed by atoms with Crippen LogP contribution in [-0.4, -0.2) is 44.5 Å². The molecule has 0 bridgehead atoms. The molecule has 0 aliphatic heterocycles. The van der Waals surface area contributed by atoms with Crippen LogP contribution in [0.15, 0.2) is 41.6 Å². The number of ether oxygens (including phenoxy) is 2. The maximum Gasteiger partial charge on any atom is 0.306 e. The monoisotopic (exact) mass is 394 g/mol. The minimum atomic E-state index is -3.88. The molecule has 0 aliphatic carbocycles. The summed E-state index contributed by atoms with van der Waals surface area (Å²) in [5.74, 6) is -0.601. The van der Waals surface area contributed by atoms with Gasteiger partial charge in [-0.3, -0.25) is 14.3 Å². The van der Waals surface area contributed by atoms with Gasteiger partial charge in [0.25, 0.3) is 10.0 Å². The van der Waals surface area contributed by atoms with Crippen molar-refractivity contribution in [1.29, 1.82) is 0 Å². The Morgan fingerprint density at radius 3 is 2.41 bits per heavy atom. The van der Waals surface area contributed by atoms with Gasteiger partial charge < -0.3 is 14.8 Å². The molecule has 0 atom stereocenters. The molecule has 0 unspecified atom stereocenters. The van der Waals surface area contributed by atoms with Crippen LogP contribution in [0.4, 0.5) is 11.5 Å². The van der Waals surface area contributed by atoms with Crippen LogP contribution in [0.2, 0.25) is 0 Å². The fourth-order valence-electron chi connectivity index (χ4n) is 1.96. The minimum Gasteiger partial charge on any atom is -0.481 e. The Hall–Kier alpha value is -3.21. The SMILES string of the molecule is COC(=O)CCC(=O)Nc1ccc(S(=O)(=O)Nc2cc(OC)ncn2)cc1. The van der Waals surface area contributed by atoms with E-state index in [1.807, 2.05) is 0 Å². The Morgan fingerprint density at radius 2 is 1.78 bits per heavy atom. The molecule has 1 aromatic carbocycles. The summed E-state index contributed by atoms with van der Waals surface area (Å²) in [6, 6.07) is 6.87. The first-order chi connectivity index (χ1) is 12.8. The summed E-state index contributed by atoms with van der Waals surface area (Å²) in [4.78, 5) is 30.4. The molecule has 0 fully saturated rings.